The number of anilines is 1. The molecule has 13 nitrogen and oxygen atoms in total. The molecule has 3 aliphatic heterocycles. The van der Waals surface area contributed by atoms with E-state index in [2.05, 4.69) is 25.6 Å². The molecule has 0 unspecified atom stereocenters. The van der Waals surface area contributed by atoms with E-state index >= 15 is 0 Å². The molecule has 2 saturated heterocycles. The number of nitrogens with zero attached hydrogens (tertiary/aromatic N) is 7. The Labute approximate surface area is 258 Å². The molecule has 5 heterocycles. The highest BCUT2D eigenvalue weighted by Crippen LogP contribution is 2.37. The second-order valence-electron chi connectivity index (χ2n) is 11.9. The molecule has 5 amide bonds. The van der Waals surface area contributed by atoms with Crippen molar-refractivity contribution in [2.24, 2.45) is 13.0 Å². The van der Waals surface area contributed by atoms with Crippen molar-refractivity contribution in [2.45, 2.75) is 51.1 Å². The molecule has 1 aliphatic carbocycles. The van der Waals surface area contributed by atoms with Crippen LogP contribution in [0.5, 0.6) is 0 Å². The second kappa shape index (κ2) is 11.3. The van der Waals surface area contributed by atoms with Gasteiger partial charge in [-0.15, -0.1) is 0 Å². The van der Waals surface area contributed by atoms with Crippen molar-refractivity contribution in [3.05, 3.63) is 58.0 Å². The third-order valence-corrected chi connectivity index (χ3v) is 9.05. The summed E-state index contributed by atoms with van der Waals surface area (Å²) in [6.45, 7) is 2.24. The molecule has 0 bridgehead atoms. The minimum atomic E-state index is -0.775. The standard InChI is InChI=1S/C30H32ClN9O4/c1-37-24(13-17-2-3-17)22(14-33-37)26-23(31)15-32-29(36-26)34-19-6-9-38(10-7-19)16-18-4-5-20-21(12-18)28(43)40(27(20)42)39-11-8-25(41)35-30(39)44/h4-5,12,14-15,17,19H,2-3,6-11,13,16H2,1H3,(H,32,34,36)(H,35,41,44). The highest BCUT2D eigenvalue weighted by Gasteiger charge is 2.43. The fourth-order valence-corrected chi connectivity index (χ4v) is 6.33. The number of carbonyl (C=O) groups is 4. The van der Waals surface area contributed by atoms with E-state index < -0.39 is 23.8 Å². The van der Waals surface area contributed by atoms with Gasteiger partial charge in [0.25, 0.3) is 11.8 Å². The molecule has 1 saturated carbocycles. The number of benzene rings is 1. The van der Waals surface area contributed by atoms with Gasteiger partial charge in [-0.3, -0.25) is 29.3 Å². The average molecular weight is 618 g/mol. The molecule has 0 spiro atoms. The summed E-state index contributed by atoms with van der Waals surface area (Å²) >= 11 is 6.54. The largest absolute Gasteiger partial charge is 0.351 e. The first kappa shape index (κ1) is 28.4. The SMILES string of the molecule is Cn1ncc(-c2nc(NC3CCN(Cc4ccc5c(c4)C(=O)N(N4CCC(=O)NC4=O)C5=O)CC3)ncc2Cl)c1CC1CC1. The number of hydrogen-bond donors (Lipinski definition) is 2. The van der Waals surface area contributed by atoms with Gasteiger partial charge in [-0.05, 0) is 55.7 Å². The Morgan fingerprint density at radius 2 is 1.75 bits per heavy atom. The van der Waals surface area contributed by atoms with Crippen LogP contribution in [0.15, 0.2) is 30.6 Å². The van der Waals surface area contributed by atoms with Crippen LogP contribution >= 0.6 is 11.6 Å². The molecule has 3 aromatic rings. The summed E-state index contributed by atoms with van der Waals surface area (Å²) in [5.41, 5.74) is 4.21. The van der Waals surface area contributed by atoms with Crippen molar-refractivity contribution in [2.75, 3.05) is 25.0 Å². The van der Waals surface area contributed by atoms with Crippen molar-refractivity contribution in [1.29, 1.82) is 0 Å². The van der Waals surface area contributed by atoms with Gasteiger partial charge in [-0.25, -0.2) is 19.8 Å². The number of nitrogens with one attached hydrogen (secondary N) is 2. The van der Waals surface area contributed by atoms with Crippen LogP contribution in [0.25, 0.3) is 11.3 Å². The topological polar surface area (TPSA) is 146 Å². The fourth-order valence-electron chi connectivity index (χ4n) is 6.14. The van der Waals surface area contributed by atoms with Crippen molar-refractivity contribution in [3.63, 3.8) is 0 Å². The van der Waals surface area contributed by atoms with Gasteiger partial charge in [0.2, 0.25) is 11.9 Å². The maximum atomic E-state index is 13.2. The minimum Gasteiger partial charge on any atom is -0.351 e. The number of urea groups is 1. The van der Waals surface area contributed by atoms with E-state index in [1.54, 1.807) is 18.3 Å². The van der Waals surface area contributed by atoms with Crippen molar-refractivity contribution >= 4 is 41.3 Å². The molecule has 0 atom stereocenters. The van der Waals surface area contributed by atoms with E-state index in [0.717, 1.165) is 59.2 Å². The quantitative estimate of drug-likeness (QED) is 0.364. The first-order chi connectivity index (χ1) is 21.2. The maximum absolute atomic E-state index is 13.2. The van der Waals surface area contributed by atoms with Gasteiger partial charge in [0.15, 0.2) is 0 Å². The molecular weight excluding hydrogens is 586 g/mol. The van der Waals surface area contributed by atoms with Crippen LogP contribution in [0.3, 0.4) is 0 Å². The summed E-state index contributed by atoms with van der Waals surface area (Å²) in [7, 11) is 1.96. The number of carbonyl (C=O) groups excluding carboxylic acids is 4. The monoisotopic (exact) mass is 617 g/mol. The van der Waals surface area contributed by atoms with Crippen LogP contribution in [0, 0.1) is 5.92 Å². The summed E-state index contributed by atoms with van der Waals surface area (Å²) < 4.78 is 1.91. The van der Waals surface area contributed by atoms with Gasteiger partial charge in [0.05, 0.1) is 40.8 Å². The first-order valence-corrected chi connectivity index (χ1v) is 15.3. The number of likely N-dealkylation sites (tertiary alicyclic amines) is 1. The Morgan fingerprint density at radius 1 is 0.977 bits per heavy atom. The first-order valence-electron chi connectivity index (χ1n) is 14.9. The molecule has 2 N–H and O–H groups in total. The Kier molecular flexibility index (Phi) is 7.29. The molecular formula is C30H32ClN9O4. The Balaban J connectivity index is 0.972. The summed E-state index contributed by atoms with van der Waals surface area (Å²) in [5, 5.41) is 12.4. The summed E-state index contributed by atoms with van der Waals surface area (Å²) in [5.74, 6) is -0.312. The summed E-state index contributed by atoms with van der Waals surface area (Å²) in [6.07, 6.45) is 8.72. The normalized spacial score (nSPS) is 19.5. The van der Waals surface area contributed by atoms with Gasteiger partial charge < -0.3 is 5.32 Å². The van der Waals surface area contributed by atoms with Gasteiger partial charge in [0.1, 0.15) is 0 Å². The van der Waals surface area contributed by atoms with E-state index in [-0.39, 0.29) is 30.1 Å². The smallest absolute Gasteiger partial charge is 0.343 e. The summed E-state index contributed by atoms with van der Waals surface area (Å²) in [4.78, 5) is 61.4. The lowest BCUT2D eigenvalue weighted by Crippen LogP contribution is -2.58. The molecule has 0 radical (unpaired) electrons. The van der Waals surface area contributed by atoms with Crippen LogP contribution in [-0.4, -0.2) is 84.1 Å². The number of imide groups is 2. The number of aromatic nitrogens is 4. The Hall–Kier alpha value is -4.36. The van der Waals surface area contributed by atoms with Crippen LogP contribution in [-0.2, 0) is 24.8 Å². The zero-order valence-corrected chi connectivity index (χ0v) is 25.0. The Morgan fingerprint density at radius 3 is 2.50 bits per heavy atom. The van der Waals surface area contributed by atoms with E-state index in [1.165, 1.54) is 12.8 Å². The maximum Gasteiger partial charge on any atom is 0.343 e. The molecule has 1 aromatic carbocycles. The van der Waals surface area contributed by atoms with Gasteiger partial charge in [-0.1, -0.05) is 17.7 Å². The van der Waals surface area contributed by atoms with Crippen molar-refractivity contribution in [1.82, 2.24) is 40.0 Å². The van der Waals surface area contributed by atoms with Crippen molar-refractivity contribution < 1.29 is 19.2 Å². The number of rotatable bonds is 8. The number of hydrazine groups is 1. The van der Waals surface area contributed by atoms with Gasteiger partial charge in [-0.2, -0.15) is 10.1 Å². The number of aryl methyl sites for hydroxylation is 1. The number of piperidine rings is 1. The van der Waals surface area contributed by atoms with E-state index in [4.69, 9.17) is 16.6 Å². The van der Waals surface area contributed by atoms with Crippen LogP contribution in [0.2, 0.25) is 5.02 Å². The molecule has 228 valence electrons. The van der Waals surface area contributed by atoms with E-state index in [1.807, 2.05) is 24.0 Å². The minimum absolute atomic E-state index is 0.0202. The highest BCUT2D eigenvalue weighted by molar-refractivity contribution is 6.33. The van der Waals surface area contributed by atoms with Gasteiger partial charge >= 0.3 is 6.03 Å². The molecule has 2 aromatic heterocycles. The van der Waals surface area contributed by atoms with Crippen LogP contribution in [0.4, 0.5) is 10.7 Å². The average Bonchev–Trinajstić information content (AvgIpc) is 3.71. The lowest BCUT2D eigenvalue weighted by Gasteiger charge is -2.32. The zero-order valence-electron chi connectivity index (χ0n) is 24.3. The van der Waals surface area contributed by atoms with E-state index in [9.17, 15) is 19.2 Å². The Bertz CT molecular complexity index is 1680. The molecule has 44 heavy (non-hydrogen) atoms. The predicted octanol–water partition coefficient (Wildman–Crippen LogP) is 3.01. The zero-order chi connectivity index (χ0) is 30.5. The summed E-state index contributed by atoms with van der Waals surface area (Å²) in [6, 6.07) is 4.63. The van der Waals surface area contributed by atoms with E-state index in [0.29, 0.717) is 29.1 Å². The number of amides is 5. The second-order valence-corrected chi connectivity index (χ2v) is 12.3. The van der Waals surface area contributed by atoms with Crippen molar-refractivity contribution in [3.8, 4) is 11.3 Å². The lowest BCUT2D eigenvalue weighted by molar-refractivity contribution is -0.122. The van der Waals surface area contributed by atoms with Crippen LogP contribution in [0.1, 0.15) is 64.1 Å². The van der Waals surface area contributed by atoms with Gasteiger partial charge in [0, 0.05) is 50.4 Å². The van der Waals surface area contributed by atoms with Crippen LogP contribution < -0.4 is 10.6 Å². The lowest BCUT2D eigenvalue weighted by atomic mass is 10.0. The molecule has 14 heteroatoms. The molecule has 7 rings (SSSR count). The number of halogens is 1. The third-order valence-electron chi connectivity index (χ3n) is 8.77. The highest BCUT2D eigenvalue weighted by atomic mass is 35.5. The fraction of sp³-hybridized carbons (Fsp3) is 0.433. The number of fused-ring (bicyclic) bond motifs is 1. The third kappa shape index (κ3) is 5.41. The molecule has 4 aliphatic rings. The number of hydrogen-bond acceptors (Lipinski definition) is 9. The molecule has 3 fully saturated rings. The predicted molar refractivity (Wildman–Crippen MR) is 159 cm³/mol.